The van der Waals surface area contributed by atoms with Gasteiger partial charge in [-0.15, -0.1) is 11.8 Å². The van der Waals surface area contributed by atoms with Crippen LogP contribution in [0.15, 0.2) is 47.4 Å². The highest BCUT2D eigenvalue weighted by Crippen LogP contribution is 2.36. The van der Waals surface area contributed by atoms with Gasteiger partial charge in [0.1, 0.15) is 13.2 Å². The van der Waals surface area contributed by atoms with Gasteiger partial charge in [-0.05, 0) is 37.3 Å². The number of thioether (sulfide) groups is 1. The van der Waals surface area contributed by atoms with E-state index in [1.165, 1.54) is 11.8 Å². The molecule has 0 bridgehead atoms. The van der Waals surface area contributed by atoms with Crippen molar-refractivity contribution < 1.29 is 14.3 Å². The first-order valence-electron chi connectivity index (χ1n) is 6.99. The number of ketones is 1. The minimum Gasteiger partial charge on any atom is -0.486 e. The van der Waals surface area contributed by atoms with E-state index in [1.54, 1.807) is 24.3 Å². The highest BCUT2D eigenvalue weighted by Gasteiger charge is 2.18. The molecule has 0 unspecified atom stereocenters. The van der Waals surface area contributed by atoms with Crippen molar-refractivity contribution in [3.63, 3.8) is 0 Å². The third-order valence-corrected chi connectivity index (χ3v) is 4.63. The van der Waals surface area contributed by atoms with Gasteiger partial charge in [-0.3, -0.25) is 4.79 Å². The summed E-state index contributed by atoms with van der Waals surface area (Å²) in [4.78, 5) is 13.4. The lowest BCUT2D eigenvalue weighted by Gasteiger charge is -2.19. The molecule has 1 atom stereocenters. The van der Waals surface area contributed by atoms with Crippen LogP contribution in [-0.2, 0) is 0 Å². The molecule has 2 aromatic carbocycles. The molecule has 3 nitrogen and oxygen atoms in total. The Morgan fingerprint density at radius 2 is 1.91 bits per heavy atom. The molecule has 0 aromatic heterocycles. The molecule has 1 aliphatic rings. The number of ether oxygens (including phenoxy) is 2. The van der Waals surface area contributed by atoms with Gasteiger partial charge >= 0.3 is 0 Å². The summed E-state index contributed by atoms with van der Waals surface area (Å²) in [5.41, 5.74) is 0.630. The number of halogens is 1. The lowest BCUT2D eigenvalue weighted by atomic mass is 10.1. The Morgan fingerprint density at radius 3 is 2.68 bits per heavy atom. The zero-order valence-corrected chi connectivity index (χ0v) is 13.6. The Kier molecular flexibility index (Phi) is 4.60. The van der Waals surface area contributed by atoms with Gasteiger partial charge in [0.25, 0.3) is 0 Å². The smallest absolute Gasteiger partial charge is 0.175 e. The van der Waals surface area contributed by atoms with Gasteiger partial charge in [0.2, 0.25) is 0 Å². The first-order chi connectivity index (χ1) is 10.6. The van der Waals surface area contributed by atoms with E-state index in [4.69, 9.17) is 21.1 Å². The summed E-state index contributed by atoms with van der Waals surface area (Å²) in [7, 11) is 0. The minimum atomic E-state index is -0.207. The molecule has 0 N–H and O–H groups in total. The number of carbonyl (C=O) groups is 1. The number of hydrogen-bond donors (Lipinski definition) is 0. The molecular formula is C17H15ClO3S. The second-order valence-electron chi connectivity index (χ2n) is 4.94. The van der Waals surface area contributed by atoms with Crippen molar-refractivity contribution in [3.8, 4) is 11.5 Å². The van der Waals surface area contributed by atoms with Crippen LogP contribution in [0.25, 0.3) is 0 Å². The van der Waals surface area contributed by atoms with Crippen molar-refractivity contribution in [2.24, 2.45) is 0 Å². The van der Waals surface area contributed by atoms with Crippen molar-refractivity contribution in [3.05, 3.63) is 53.1 Å². The molecule has 0 saturated heterocycles. The summed E-state index contributed by atoms with van der Waals surface area (Å²) < 4.78 is 11.1. The fourth-order valence-electron chi connectivity index (χ4n) is 2.23. The Bertz CT molecular complexity index is 702. The van der Waals surface area contributed by atoms with E-state index in [9.17, 15) is 4.79 Å². The van der Waals surface area contributed by atoms with Crippen LogP contribution in [0, 0.1) is 0 Å². The molecule has 1 aliphatic heterocycles. The first-order valence-corrected chi connectivity index (χ1v) is 8.25. The molecular weight excluding hydrogens is 320 g/mol. The number of benzene rings is 2. The third kappa shape index (κ3) is 3.39. The van der Waals surface area contributed by atoms with E-state index >= 15 is 0 Å². The van der Waals surface area contributed by atoms with E-state index in [0.717, 1.165) is 16.4 Å². The van der Waals surface area contributed by atoms with Crippen molar-refractivity contribution in [1.82, 2.24) is 0 Å². The van der Waals surface area contributed by atoms with Crippen LogP contribution >= 0.6 is 23.4 Å². The lowest BCUT2D eigenvalue weighted by molar-refractivity contribution is 0.0994. The molecule has 3 rings (SSSR count). The van der Waals surface area contributed by atoms with Crippen LogP contribution in [0.2, 0.25) is 5.02 Å². The van der Waals surface area contributed by atoms with Crippen molar-refractivity contribution in [2.45, 2.75) is 17.1 Å². The highest BCUT2D eigenvalue weighted by atomic mass is 35.5. The van der Waals surface area contributed by atoms with Crippen LogP contribution in [-0.4, -0.2) is 24.2 Å². The Hall–Kier alpha value is -1.65. The van der Waals surface area contributed by atoms with Gasteiger partial charge < -0.3 is 9.47 Å². The molecule has 0 fully saturated rings. The van der Waals surface area contributed by atoms with Crippen molar-refractivity contribution in [1.29, 1.82) is 0 Å². The second kappa shape index (κ2) is 6.63. The SMILES string of the molecule is C[C@H](Sc1ccc2c(c1)OCCO2)C(=O)c1cccc(Cl)c1. The molecule has 1 heterocycles. The van der Waals surface area contributed by atoms with Crippen molar-refractivity contribution >= 4 is 29.1 Å². The normalized spacial score (nSPS) is 14.5. The molecule has 22 heavy (non-hydrogen) atoms. The third-order valence-electron chi connectivity index (χ3n) is 3.30. The highest BCUT2D eigenvalue weighted by molar-refractivity contribution is 8.00. The molecule has 2 aromatic rings. The fourth-order valence-corrected chi connectivity index (χ4v) is 3.39. The monoisotopic (exact) mass is 334 g/mol. The maximum atomic E-state index is 12.5. The minimum absolute atomic E-state index is 0.0578. The van der Waals surface area contributed by atoms with Gasteiger partial charge in [0.05, 0.1) is 5.25 Å². The predicted molar refractivity (Wildman–Crippen MR) is 88.5 cm³/mol. The lowest BCUT2D eigenvalue weighted by Crippen LogP contribution is -2.15. The van der Waals surface area contributed by atoms with Crippen molar-refractivity contribution in [2.75, 3.05) is 13.2 Å². The largest absolute Gasteiger partial charge is 0.486 e. The quantitative estimate of drug-likeness (QED) is 0.610. The predicted octanol–water partition coefficient (Wildman–Crippen LogP) is 4.47. The zero-order valence-electron chi connectivity index (χ0n) is 12.0. The number of rotatable bonds is 4. The first kappa shape index (κ1) is 15.3. The van der Waals surface area contributed by atoms with Crippen LogP contribution in [0.4, 0.5) is 0 Å². The number of Topliss-reactive ketones (excluding diaryl/α,β-unsaturated/α-hetero) is 1. The van der Waals surface area contributed by atoms with Gasteiger partial charge in [-0.1, -0.05) is 23.7 Å². The second-order valence-corrected chi connectivity index (χ2v) is 6.79. The Balaban J connectivity index is 1.73. The molecule has 0 radical (unpaired) electrons. The maximum Gasteiger partial charge on any atom is 0.175 e. The molecule has 0 aliphatic carbocycles. The Morgan fingerprint density at radius 1 is 1.14 bits per heavy atom. The number of hydrogen-bond acceptors (Lipinski definition) is 4. The summed E-state index contributed by atoms with van der Waals surface area (Å²) in [6.45, 7) is 3.02. The fraction of sp³-hybridized carbons (Fsp3) is 0.235. The van der Waals surface area contributed by atoms with Crippen LogP contribution in [0.5, 0.6) is 11.5 Å². The summed E-state index contributed by atoms with van der Waals surface area (Å²) >= 11 is 7.44. The number of fused-ring (bicyclic) bond motifs is 1. The summed E-state index contributed by atoms with van der Waals surface area (Å²) in [6, 6.07) is 12.8. The van der Waals surface area contributed by atoms with E-state index in [0.29, 0.717) is 23.8 Å². The van der Waals surface area contributed by atoms with Gasteiger partial charge in [-0.2, -0.15) is 0 Å². The van der Waals surface area contributed by atoms with Gasteiger partial charge in [-0.25, -0.2) is 0 Å². The van der Waals surface area contributed by atoms with E-state index in [-0.39, 0.29) is 11.0 Å². The van der Waals surface area contributed by atoms with E-state index in [1.807, 2.05) is 25.1 Å². The number of carbonyl (C=O) groups excluding carboxylic acids is 1. The average molecular weight is 335 g/mol. The van der Waals surface area contributed by atoms with Crippen LogP contribution in [0.1, 0.15) is 17.3 Å². The summed E-state index contributed by atoms with van der Waals surface area (Å²) in [5.74, 6) is 1.55. The zero-order chi connectivity index (χ0) is 15.5. The maximum absolute atomic E-state index is 12.5. The summed E-state index contributed by atoms with van der Waals surface area (Å²) in [5, 5.41) is 0.364. The van der Waals surface area contributed by atoms with E-state index in [2.05, 4.69) is 0 Å². The van der Waals surface area contributed by atoms with Crippen LogP contribution < -0.4 is 9.47 Å². The molecule has 0 spiro atoms. The Labute approximate surface area is 138 Å². The van der Waals surface area contributed by atoms with E-state index < -0.39 is 0 Å². The van der Waals surface area contributed by atoms with Gasteiger partial charge in [0.15, 0.2) is 17.3 Å². The van der Waals surface area contributed by atoms with Crippen LogP contribution in [0.3, 0.4) is 0 Å². The topological polar surface area (TPSA) is 35.5 Å². The molecule has 114 valence electrons. The summed E-state index contributed by atoms with van der Waals surface area (Å²) in [6.07, 6.45) is 0. The van der Waals surface area contributed by atoms with Gasteiger partial charge in [0, 0.05) is 15.5 Å². The molecule has 5 heteroatoms. The molecule has 0 saturated carbocycles. The average Bonchev–Trinajstić information content (AvgIpc) is 2.54. The molecule has 0 amide bonds. The standard InChI is InChI=1S/C17H15ClO3S/c1-11(17(19)12-3-2-4-13(18)9-12)22-14-5-6-15-16(10-14)21-8-7-20-15/h2-6,9-11H,7-8H2,1H3/t11-/m0/s1.